The highest BCUT2D eigenvalue weighted by Gasteiger charge is 2.24. The average molecular weight is 273 g/mol. The molecule has 1 aromatic heterocycles. The van der Waals surface area contributed by atoms with Gasteiger partial charge in [-0.25, -0.2) is 14.6 Å². The van der Waals surface area contributed by atoms with Gasteiger partial charge in [0.05, 0.1) is 23.9 Å². The number of rotatable bonds is 5. The largest absolute Gasteiger partial charge is 0.480 e. The molecule has 1 heterocycles. The van der Waals surface area contributed by atoms with E-state index in [1.54, 1.807) is 5.51 Å². The first kappa shape index (κ1) is 14.4. The van der Waals surface area contributed by atoms with Crippen molar-refractivity contribution in [2.24, 2.45) is 0 Å². The van der Waals surface area contributed by atoms with Gasteiger partial charge in [0, 0.05) is 4.88 Å². The lowest BCUT2D eigenvalue weighted by Gasteiger charge is -2.17. The van der Waals surface area contributed by atoms with E-state index in [0.717, 1.165) is 10.6 Å². The van der Waals surface area contributed by atoms with E-state index in [4.69, 9.17) is 5.11 Å². The number of aliphatic carboxylic acids is 1. The second-order valence-electron chi connectivity index (χ2n) is 3.74. The summed E-state index contributed by atoms with van der Waals surface area (Å²) in [5.41, 5.74) is 2.49. The quantitative estimate of drug-likeness (QED) is 0.607. The maximum Gasteiger partial charge on any atom is 0.328 e. The Kier molecular flexibility index (Phi) is 5.05. The fourth-order valence-corrected chi connectivity index (χ4v) is 1.95. The first-order valence-corrected chi connectivity index (χ1v) is 6.14. The van der Waals surface area contributed by atoms with Gasteiger partial charge >= 0.3 is 12.0 Å². The molecule has 1 rings (SSSR count). The highest BCUT2D eigenvalue weighted by molar-refractivity contribution is 7.09. The number of aliphatic hydroxyl groups excluding tert-OH is 1. The van der Waals surface area contributed by atoms with Gasteiger partial charge in [0.15, 0.2) is 6.04 Å². The summed E-state index contributed by atoms with van der Waals surface area (Å²) in [5, 5.41) is 22.7. The molecule has 8 heteroatoms. The van der Waals surface area contributed by atoms with Crippen molar-refractivity contribution in [3.8, 4) is 0 Å². The van der Waals surface area contributed by atoms with Crippen molar-refractivity contribution in [1.29, 1.82) is 0 Å². The van der Waals surface area contributed by atoms with Crippen LogP contribution in [0.25, 0.3) is 0 Å². The lowest BCUT2D eigenvalue weighted by molar-refractivity contribution is -0.141. The molecule has 0 fully saturated rings. The highest BCUT2D eigenvalue weighted by atomic mass is 32.1. The van der Waals surface area contributed by atoms with Crippen molar-refractivity contribution in [3.05, 3.63) is 16.1 Å². The van der Waals surface area contributed by atoms with Crippen LogP contribution in [0, 0.1) is 6.92 Å². The number of hydrogen-bond donors (Lipinski definition) is 4. The van der Waals surface area contributed by atoms with Crippen molar-refractivity contribution in [2.75, 3.05) is 0 Å². The zero-order valence-electron chi connectivity index (χ0n) is 10.0. The van der Waals surface area contributed by atoms with Crippen LogP contribution in [0.2, 0.25) is 0 Å². The third-order valence-electron chi connectivity index (χ3n) is 2.29. The Balaban J connectivity index is 2.46. The molecule has 0 aliphatic heterocycles. The Morgan fingerprint density at radius 2 is 2.22 bits per heavy atom. The molecule has 0 unspecified atom stereocenters. The number of nitrogens with one attached hydrogen (secondary N) is 2. The second-order valence-corrected chi connectivity index (χ2v) is 4.68. The predicted molar refractivity (Wildman–Crippen MR) is 65.3 cm³/mol. The third kappa shape index (κ3) is 3.97. The number of carbonyl (C=O) groups is 2. The molecule has 0 spiro atoms. The standard InChI is InChI=1S/C10H15N3O4S/c1-5-7(18-4-12-5)3-11-10(17)13-8(6(2)14)9(15)16/h4,6,8,14H,3H2,1-2H3,(H,15,16)(H2,11,13,17)/t6-,8+/m1/s1. The van der Waals surface area contributed by atoms with Crippen molar-refractivity contribution < 1.29 is 19.8 Å². The van der Waals surface area contributed by atoms with Crippen LogP contribution in [0.5, 0.6) is 0 Å². The molecular weight excluding hydrogens is 258 g/mol. The minimum Gasteiger partial charge on any atom is -0.480 e. The molecule has 0 radical (unpaired) electrons. The van der Waals surface area contributed by atoms with Gasteiger partial charge in [0.25, 0.3) is 0 Å². The van der Waals surface area contributed by atoms with E-state index in [0.29, 0.717) is 0 Å². The number of carboxylic acids is 1. The van der Waals surface area contributed by atoms with Crippen molar-refractivity contribution in [2.45, 2.75) is 32.5 Å². The van der Waals surface area contributed by atoms with Crippen LogP contribution in [0.3, 0.4) is 0 Å². The Hall–Kier alpha value is -1.67. The van der Waals surface area contributed by atoms with E-state index >= 15 is 0 Å². The number of carboxylic acid groups (broad SMARTS) is 1. The summed E-state index contributed by atoms with van der Waals surface area (Å²) >= 11 is 1.40. The third-order valence-corrected chi connectivity index (χ3v) is 3.22. The molecule has 2 amide bonds. The SMILES string of the molecule is Cc1ncsc1CNC(=O)N[C@H](C(=O)O)[C@@H](C)O. The van der Waals surface area contributed by atoms with Crippen molar-refractivity contribution in [3.63, 3.8) is 0 Å². The van der Waals surface area contributed by atoms with Gasteiger partial charge in [-0.2, -0.15) is 0 Å². The van der Waals surface area contributed by atoms with E-state index < -0.39 is 24.1 Å². The number of nitrogens with zero attached hydrogens (tertiary/aromatic N) is 1. The van der Waals surface area contributed by atoms with Crippen LogP contribution in [-0.4, -0.2) is 39.3 Å². The maximum atomic E-state index is 11.5. The first-order valence-electron chi connectivity index (χ1n) is 5.26. The topological polar surface area (TPSA) is 112 Å². The van der Waals surface area contributed by atoms with Gasteiger partial charge < -0.3 is 20.8 Å². The molecule has 4 N–H and O–H groups in total. The van der Waals surface area contributed by atoms with Gasteiger partial charge in [-0.05, 0) is 13.8 Å². The molecule has 7 nitrogen and oxygen atoms in total. The molecule has 0 aliphatic carbocycles. The zero-order chi connectivity index (χ0) is 13.7. The molecular formula is C10H15N3O4S. The van der Waals surface area contributed by atoms with Crippen molar-refractivity contribution >= 4 is 23.3 Å². The first-order chi connectivity index (χ1) is 8.41. The predicted octanol–water partition coefficient (Wildman–Crippen LogP) is 0.0847. The van der Waals surface area contributed by atoms with E-state index in [1.807, 2.05) is 6.92 Å². The average Bonchev–Trinajstić information content (AvgIpc) is 2.68. The normalized spacial score (nSPS) is 13.7. The van der Waals surface area contributed by atoms with Crippen LogP contribution in [0.15, 0.2) is 5.51 Å². The van der Waals surface area contributed by atoms with Crippen LogP contribution in [0.1, 0.15) is 17.5 Å². The van der Waals surface area contributed by atoms with Crippen molar-refractivity contribution in [1.82, 2.24) is 15.6 Å². The van der Waals surface area contributed by atoms with Crippen LogP contribution >= 0.6 is 11.3 Å². The number of thiazole rings is 1. The molecule has 0 saturated heterocycles. The molecule has 2 atom stereocenters. The lowest BCUT2D eigenvalue weighted by atomic mass is 10.2. The number of aryl methyl sites for hydroxylation is 1. The zero-order valence-corrected chi connectivity index (χ0v) is 10.8. The molecule has 100 valence electrons. The second kappa shape index (κ2) is 6.31. The Labute approximate surface area is 108 Å². The number of aromatic nitrogens is 1. The molecule has 18 heavy (non-hydrogen) atoms. The molecule has 0 bridgehead atoms. The Morgan fingerprint density at radius 3 is 2.67 bits per heavy atom. The summed E-state index contributed by atoms with van der Waals surface area (Å²) in [6.45, 7) is 3.39. The van der Waals surface area contributed by atoms with Gasteiger partial charge in [0.1, 0.15) is 0 Å². The monoisotopic (exact) mass is 273 g/mol. The van der Waals surface area contributed by atoms with Crippen LogP contribution < -0.4 is 10.6 Å². The number of aliphatic hydroxyl groups is 1. The fourth-order valence-electron chi connectivity index (χ4n) is 1.24. The summed E-state index contributed by atoms with van der Waals surface area (Å²) in [4.78, 5) is 27.1. The summed E-state index contributed by atoms with van der Waals surface area (Å²) in [6.07, 6.45) is -1.17. The van der Waals surface area contributed by atoms with Gasteiger partial charge in [-0.15, -0.1) is 11.3 Å². The van der Waals surface area contributed by atoms with E-state index in [1.165, 1.54) is 18.3 Å². The maximum absolute atomic E-state index is 11.5. The summed E-state index contributed by atoms with van der Waals surface area (Å²) in [5.74, 6) is -1.28. The summed E-state index contributed by atoms with van der Waals surface area (Å²) < 4.78 is 0. The number of urea groups is 1. The lowest BCUT2D eigenvalue weighted by Crippen LogP contribution is -2.50. The van der Waals surface area contributed by atoms with Gasteiger partial charge in [0.2, 0.25) is 0 Å². The summed E-state index contributed by atoms with van der Waals surface area (Å²) in [6, 6.07) is -1.97. The van der Waals surface area contributed by atoms with E-state index in [2.05, 4.69) is 15.6 Å². The number of hydrogen-bond acceptors (Lipinski definition) is 5. The van der Waals surface area contributed by atoms with Gasteiger partial charge in [-0.3, -0.25) is 0 Å². The van der Waals surface area contributed by atoms with Crippen LogP contribution in [0.4, 0.5) is 4.79 Å². The van der Waals surface area contributed by atoms with Crippen LogP contribution in [-0.2, 0) is 11.3 Å². The smallest absolute Gasteiger partial charge is 0.328 e. The number of carbonyl (C=O) groups excluding carboxylic acids is 1. The van der Waals surface area contributed by atoms with E-state index in [9.17, 15) is 14.7 Å². The minimum atomic E-state index is -1.33. The molecule has 0 saturated carbocycles. The van der Waals surface area contributed by atoms with E-state index in [-0.39, 0.29) is 6.54 Å². The van der Waals surface area contributed by atoms with Gasteiger partial charge in [-0.1, -0.05) is 0 Å². The highest BCUT2D eigenvalue weighted by Crippen LogP contribution is 2.10. The summed E-state index contributed by atoms with van der Waals surface area (Å²) in [7, 11) is 0. The molecule has 1 aromatic rings. The number of amides is 2. The molecule has 0 aromatic carbocycles. The Morgan fingerprint density at radius 1 is 1.56 bits per heavy atom. The fraction of sp³-hybridized carbons (Fsp3) is 0.500. The molecule has 0 aliphatic rings. The Bertz CT molecular complexity index is 433. The minimum absolute atomic E-state index is 0.272.